The van der Waals surface area contributed by atoms with Crippen molar-refractivity contribution in [3.63, 3.8) is 0 Å². The summed E-state index contributed by atoms with van der Waals surface area (Å²) in [4.78, 5) is 0. The van der Waals surface area contributed by atoms with Crippen molar-refractivity contribution in [2.75, 3.05) is 0 Å². The minimum absolute atomic E-state index is 1.22. The number of hydrogen-bond acceptors (Lipinski definition) is 0. The molecule has 0 spiro atoms. The molecule has 0 aliphatic rings. The average molecular weight is 247 g/mol. The lowest BCUT2D eigenvalue weighted by atomic mass is 10.4. The van der Waals surface area contributed by atoms with Crippen molar-refractivity contribution in [3.8, 4) is 22.9 Å². The molecule has 0 saturated heterocycles. The minimum atomic E-state index is -1.22. The van der Waals surface area contributed by atoms with E-state index >= 15 is 0 Å². The summed E-state index contributed by atoms with van der Waals surface area (Å²) in [5.41, 5.74) is 6.55. The zero-order valence-electron chi connectivity index (χ0n) is 11.3. The van der Waals surface area contributed by atoms with Gasteiger partial charge in [-0.3, -0.25) is 0 Å². The van der Waals surface area contributed by atoms with Crippen LogP contribution in [0.2, 0.25) is 39.3 Å². The molecule has 2 heteroatoms. The van der Waals surface area contributed by atoms with E-state index in [0.717, 1.165) is 0 Å². The fraction of sp³-hybridized carbons (Fsp3) is 0.429. The van der Waals surface area contributed by atoms with Gasteiger partial charge in [0.15, 0.2) is 0 Å². The van der Waals surface area contributed by atoms with Gasteiger partial charge in [0.2, 0.25) is 0 Å². The Bertz CT molecular complexity index is 339. The second-order valence-corrected chi connectivity index (χ2v) is 15.3. The van der Waals surface area contributed by atoms with E-state index in [9.17, 15) is 0 Å². The molecule has 0 aromatic rings. The van der Waals surface area contributed by atoms with Crippen LogP contribution in [0.15, 0.2) is 24.3 Å². The van der Waals surface area contributed by atoms with E-state index in [-0.39, 0.29) is 0 Å². The summed E-state index contributed by atoms with van der Waals surface area (Å²) < 4.78 is 0. The van der Waals surface area contributed by atoms with Crippen LogP contribution in [0.1, 0.15) is 0 Å². The predicted octanol–water partition coefficient (Wildman–Crippen LogP) is 3.86. The Kier molecular flexibility index (Phi) is 6.18. The summed E-state index contributed by atoms with van der Waals surface area (Å²) in [6.45, 7) is 13.4. The number of hydrogen-bond donors (Lipinski definition) is 0. The van der Waals surface area contributed by atoms with Crippen molar-refractivity contribution in [3.05, 3.63) is 24.3 Å². The van der Waals surface area contributed by atoms with Crippen LogP contribution in [0, 0.1) is 22.9 Å². The molecule has 0 heterocycles. The van der Waals surface area contributed by atoms with Gasteiger partial charge in [-0.1, -0.05) is 63.3 Å². The molecular weight excluding hydrogens is 224 g/mol. The maximum Gasteiger partial charge on any atom is 0.129 e. The van der Waals surface area contributed by atoms with Crippen LogP contribution >= 0.6 is 0 Å². The Morgan fingerprint density at radius 1 is 0.625 bits per heavy atom. The highest BCUT2D eigenvalue weighted by molar-refractivity contribution is 6.84. The second kappa shape index (κ2) is 6.58. The molecule has 0 rings (SSSR count). The highest BCUT2D eigenvalue weighted by atomic mass is 28.3. The summed E-state index contributed by atoms with van der Waals surface area (Å²) in [6.07, 6.45) is 7.69. The third-order valence-electron chi connectivity index (χ3n) is 1.36. The molecule has 0 aromatic heterocycles. The van der Waals surface area contributed by atoms with Crippen molar-refractivity contribution in [2.45, 2.75) is 39.3 Å². The summed E-state index contributed by atoms with van der Waals surface area (Å²) in [5, 5.41) is 0. The molecular formula is C14H22Si2. The van der Waals surface area contributed by atoms with Crippen molar-refractivity contribution in [1.82, 2.24) is 0 Å². The molecule has 0 bridgehead atoms. The standard InChI is InChI=1S/C14H22Si2/c1-15(2,3)13-11-9-7-8-10-12-14-16(4,5)6/h7-10H,1-6H3/b9-7+,10-8+. The van der Waals surface area contributed by atoms with Gasteiger partial charge in [-0.05, 0) is 12.2 Å². The first-order chi connectivity index (χ1) is 7.21. The molecule has 16 heavy (non-hydrogen) atoms. The van der Waals surface area contributed by atoms with Crippen LogP contribution in [0.3, 0.4) is 0 Å². The maximum atomic E-state index is 3.28. The lowest BCUT2D eigenvalue weighted by Crippen LogP contribution is -2.16. The molecule has 0 aliphatic carbocycles. The van der Waals surface area contributed by atoms with Crippen LogP contribution in [-0.2, 0) is 0 Å². The molecule has 0 N–H and O–H groups in total. The van der Waals surface area contributed by atoms with Gasteiger partial charge in [-0.25, -0.2) is 0 Å². The normalized spacial score (nSPS) is 12.1. The van der Waals surface area contributed by atoms with Gasteiger partial charge in [-0.15, -0.1) is 11.1 Å². The maximum absolute atomic E-state index is 3.28. The van der Waals surface area contributed by atoms with Crippen molar-refractivity contribution in [1.29, 1.82) is 0 Å². The molecule has 0 atom stereocenters. The van der Waals surface area contributed by atoms with Gasteiger partial charge in [0.1, 0.15) is 16.1 Å². The molecule has 0 aliphatic heterocycles. The average Bonchev–Trinajstić information content (AvgIpc) is 2.06. The zero-order valence-corrected chi connectivity index (χ0v) is 13.3. The monoisotopic (exact) mass is 246 g/mol. The van der Waals surface area contributed by atoms with Gasteiger partial charge in [0.05, 0.1) is 0 Å². The molecule has 0 radical (unpaired) electrons. The smallest absolute Gasteiger partial charge is 0.127 e. The third kappa shape index (κ3) is 13.0. The first-order valence-corrected chi connectivity index (χ1v) is 12.6. The Hall–Kier alpha value is -0.966. The largest absolute Gasteiger partial charge is 0.129 e. The fourth-order valence-electron chi connectivity index (χ4n) is 0.724. The Morgan fingerprint density at radius 3 is 1.19 bits per heavy atom. The topological polar surface area (TPSA) is 0 Å². The van der Waals surface area contributed by atoms with Crippen molar-refractivity contribution >= 4 is 16.1 Å². The lowest BCUT2D eigenvalue weighted by Gasteiger charge is -2.02. The van der Waals surface area contributed by atoms with Crippen molar-refractivity contribution in [2.24, 2.45) is 0 Å². The first kappa shape index (κ1) is 15.0. The Balaban J connectivity index is 4.15. The molecule has 0 unspecified atom stereocenters. The van der Waals surface area contributed by atoms with E-state index in [4.69, 9.17) is 0 Å². The van der Waals surface area contributed by atoms with Gasteiger partial charge in [0, 0.05) is 0 Å². The van der Waals surface area contributed by atoms with E-state index in [1.807, 2.05) is 24.3 Å². The Morgan fingerprint density at radius 2 is 0.938 bits per heavy atom. The van der Waals surface area contributed by atoms with E-state index < -0.39 is 16.1 Å². The quantitative estimate of drug-likeness (QED) is 0.374. The molecule has 86 valence electrons. The van der Waals surface area contributed by atoms with E-state index in [1.54, 1.807) is 0 Å². The first-order valence-electron chi connectivity index (χ1n) is 5.58. The zero-order chi connectivity index (χ0) is 12.7. The van der Waals surface area contributed by atoms with Crippen LogP contribution in [0.25, 0.3) is 0 Å². The lowest BCUT2D eigenvalue weighted by molar-refractivity contribution is 1.81. The van der Waals surface area contributed by atoms with E-state index in [0.29, 0.717) is 0 Å². The molecule has 0 fully saturated rings. The van der Waals surface area contributed by atoms with Gasteiger partial charge in [0.25, 0.3) is 0 Å². The summed E-state index contributed by atoms with van der Waals surface area (Å²) in [5.74, 6) is 6.15. The fourth-order valence-corrected chi connectivity index (χ4v) is 1.76. The van der Waals surface area contributed by atoms with Crippen LogP contribution in [0.5, 0.6) is 0 Å². The van der Waals surface area contributed by atoms with Gasteiger partial charge < -0.3 is 0 Å². The number of allylic oxidation sites excluding steroid dienone is 4. The highest BCUT2D eigenvalue weighted by Crippen LogP contribution is 1.96. The minimum Gasteiger partial charge on any atom is -0.127 e. The van der Waals surface area contributed by atoms with Gasteiger partial charge in [-0.2, -0.15) is 0 Å². The highest BCUT2D eigenvalue weighted by Gasteiger charge is 2.06. The Labute approximate surface area is 103 Å². The van der Waals surface area contributed by atoms with Crippen LogP contribution in [-0.4, -0.2) is 16.1 Å². The summed E-state index contributed by atoms with van der Waals surface area (Å²) in [7, 11) is -2.43. The molecule has 0 nitrogen and oxygen atoms in total. The summed E-state index contributed by atoms with van der Waals surface area (Å²) in [6, 6.07) is 0. The molecule has 0 amide bonds. The number of rotatable bonds is 1. The SMILES string of the molecule is C[Si](C)(C)C#C/C=C/C=C/C#C[Si](C)(C)C. The van der Waals surface area contributed by atoms with Gasteiger partial charge >= 0.3 is 0 Å². The van der Waals surface area contributed by atoms with Crippen LogP contribution < -0.4 is 0 Å². The van der Waals surface area contributed by atoms with E-state index in [1.165, 1.54) is 0 Å². The summed E-state index contributed by atoms with van der Waals surface area (Å²) >= 11 is 0. The van der Waals surface area contributed by atoms with E-state index in [2.05, 4.69) is 62.2 Å². The third-order valence-corrected chi connectivity index (χ3v) is 3.15. The van der Waals surface area contributed by atoms with Crippen molar-refractivity contribution < 1.29 is 0 Å². The molecule has 0 aromatic carbocycles. The molecule has 0 saturated carbocycles. The predicted molar refractivity (Wildman–Crippen MR) is 80.5 cm³/mol. The van der Waals surface area contributed by atoms with Crippen LogP contribution in [0.4, 0.5) is 0 Å². The second-order valence-electron chi connectivity index (χ2n) is 5.76.